The summed E-state index contributed by atoms with van der Waals surface area (Å²) in [4.78, 5) is 0. The minimum absolute atomic E-state index is 0.436. The Kier molecular flexibility index (Phi) is 3.29. The van der Waals surface area contributed by atoms with Gasteiger partial charge in [0.05, 0.1) is 7.98 Å². The van der Waals surface area contributed by atoms with E-state index in [1.165, 1.54) is 13.0 Å². The van der Waals surface area contributed by atoms with E-state index in [0.717, 1.165) is 6.92 Å². The first kappa shape index (κ1) is 12.0. The maximum atomic E-state index is 10.1. The summed E-state index contributed by atoms with van der Waals surface area (Å²) in [6.07, 6.45) is -3.26. The van der Waals surface area contributed by atoms with Gasteiger partial charge in [0.2, 0.25) is 5.79 Å². The fourth-order valence-corrected chi connectivity index (χ4v) is 1.67. The highest BCUT2D eigenvalue weighted by Gasteiger charge is 2.62. The molecule has 1 rings (SSSR count). The highest BCUT2D eigenvalue weighted by molar-refractivity contribution is 5.15. The molecule has 0 amide bonds. The van der Waals surface area contributed by atoms with Crippen LogP contribution in [0.1, 0.15) is 15.2 Å². The number of aliphatic hydroxyl groups excluding tert-OH is 3. The number of aliphatic hydroxyl groups is 5. The van der Waals surface area contributed by atoms with Crippen LogP contribution in [-0.2, 0) is 4.74 Å². The molecule has 6 nitrogen and oxygen atoms in total. The number of allylic oxidation sites excluding steroid dienone is 1. The molecule has 1 aliphatic rings. The monoisotopic (exact) mass is 235 g/mol. The molecule has 0 aliphatic carbocycles. The molecule has 0 saturated carbocycles. The topological polar surface area (TPSA) is 110 Å². The van der Waals surface area contributed by atoms with E-state index in [4.69, 9.17) is 11.2 Å². The molecule has 0 radical (unpaired) electrons. The van der Waals surface area contributed by atoms with Crippen molar-refractivity contribution < 1.29 is 31.6 Å². The van der Waals surface area contributed by atoms with Crippen molar-refractivity contribution in [1.82, 2.24) is 0 Å². The fourth-order valence-electron chi connectivity index (χ4n) is 1.67. The SMILES string of the molecule is [2H]C(=CC)C1(O)O[C@H]([C@H](O)CO)[C@H](O)[C@]1(C)O. The first-order valence-electron chi connectivity index (χ1n) is 5.45. The predicted octanol–water partition coefficient (Wildman–Crippen LogP) is -1.89. The van der Waals surface area contributed by atoms with Gasteiger partial charge in [0.15, 0.2) is 0 Å². The fraction of sp³-hybridized carbons (Fsp3) is 0.800. The summed E-state index contributed by atoms with van der Waals surface area (Å²) >= 11 is 0. The summed E-state index contributed by atoms with van der Waals surface area (Å²) in [6.45, 7) is 1.86. The van der Waals surface area contributed by atoms with Gasteiger partial charge in [-0.3, -0.25) is 0 Å². The Hall–Kier alpha value is -0.500. The van der Waals surface area contributed by atoms with Crippen molar-refractivity contribution in [2.45, 2.75) is 43.5 Å². The Morgan fingerprint density at radius 1 is 1.56 bits per heavy atom. The standard InChI is InChI=1S/C10H18O6/c1-3-4-10(15)9(2,14)8(13)7(16-10)6(12)5-11/h3-4,6-8,11-15H,5H2,1-2H3/t6-,7-,8+,9+,10?/m1/s1/i4D. The third-order valence-electron chi connectivity index (χ3n) is 2.79. The van der Waals surface area contributed by atoms with Crippen LogP contribution in [0.3, 0.4) is 0 Å². The van der Waals surface area contributed by atoms with E-state index in [2.05, 4.69) is 0 Å². The van der Waals surface area contributed by atoms with Crippen LogP contribution in [-0.4, -0.2) is 61.8 Å². The molecule has 0 bridgehead atoms. The Morgan fingerprint density at radius 2 is 2.12 bits per heavy atom. The van der Waals surface area contributed by atoms with Crippen molar-refractivity contribution >= 4 is 0 Å². The lowest BCUT2D eigenvalue weighted by Gasteiger charge is -2.31. The molecule has 16 heavy (non-hydrogen) atoms. The largest absolute Gasteiger partial charge is 0.394 e. The molecule has 0 aromatic heterocycles. The van der Waals surface area contributed by atoms with Gasteiger partial charge in [0.25, 0.3) is 0 Å². The summed E-state index contributed by atoms with van der Waals surface area (Å²) in [6, 6.07) is -0.436. The summed E-state index contributed by atoms with van der Waals surface area (Å²) in [5, 5.41) is 48.1. The molecule has 1 unspecified atom stereocenters. The molecule has 5 atom stereocenters. The van der Waals surface area contributed by atoms with Crippen molar-refractivity contribution in [1.29, 1.82) is 0 Å². The van der Waals surface area contributed by atoms with E-state index in [-0.39, 0.29) is 0 Å². The zero-order chi connectivity index (χ0) is 13.4. The highest BCUT2D eigenvalue weighted by Crippen LogP contribution is 2.40. The van der Waals surface area contributed by atoms with Crippen molar-refractivity contribution in [2.24, 2.45) is 0 Å². The molecular formula is C10H18O6. The lowest BCUT2D eigenvalue weighted by atomic mass is 9.88. The molecule has 0 aromatic carbocycles. The Bertz CT molecular complexity index is 318. The predicted molar refractivity (Wildman–Crippen MR) is 54.4 cm³/mol. The summed E-state index contributed by atoms with van der Waals surface area (Å²) < 4.78 is 12.5. The van der Waals surface area contributed by atoms with E-state index in [0.29, 0.717) is 0 Å². The summed E-state index contributed by atoms with van der Waals surface area (Å²) in [7, 11) is 0. The molecule has 6 heteroatoms. The summed E-state index contributed by atoms with van der Waals surface area (Å²) in [5.74, 6) is -2.41. The van der Waals surface area contributed by atoms with Crippen LogP contribution in [0, 0.1) is 0 Å². The van der Waals surface area contributed by atoms with Gasteiger partial charge in [-0.15, -0.1) is 0 Å². The van der Waals surface area contributed by atoms with Crippen LogP contribution < -0.4 is 0 Å². The molecule has 1 fully saturated rings. The molecule has 5 N–H and O–H groups in total. The van der Waals surface area contributed by atoms with Crippen molar-refractivity contribution in [3.8, 4) is 0 Å². The lowest BCUT2D eigenvalue weighted by molar-refractivity contribution is -0.235. The molecule has 1 heterocycles. The smallest absolute Gasteiger partial charge is 0.217 e. The van der Waals surface area contributed by atoms with Gasteiger partial charge in [-0.1, -0.05) is 6.08 Å². The van der Waals surface area contributed by atoms with Crippen LogP contribution in [0.25, 0.3) is 0 Å². The van der Waals surface area contributed by atoms with Crippen molar-refractivity contribution in [2.75, 3.05) is 6.61 Å². The first-order valence-corrected chi connectivity index (χ1v) is 4.95. The Labute approximate surface area is 94.8 Å². The normalized spacial score (nSPS) is 47.9. The number of rotatable bonds is 3. The van der Waals surface area contributed by atoms with Crippen LogP contribution in [0.4, 0.5) is 0 Å². The van der Waals surface area contributed by atoms with E-state index in [1.807, 2.05) is 0 Å². The van der Waals surface area contributed by atoms with E-state index >= 15 is 0 Å². The molecule has 0 spiro atoms. The van der Waals surface area contributed by atoms with Crippen LogP contribution in [0.2, 0.25) is 0 Å². The third kappa shape index (κ3) is 1.88. The zero-order valence-corrected chi connectivity index (χ0v) is 9.16. The minimum atomic E-state index is -2.41. The maximum absolute atomic E-state index is 10.1. The number of hydrogen-bond donors (Lipinski definition) is 5. The lowest BCUT2D eigenvalue weighted by Crippen LogP contribution is -2.53. The van der Waals surface area contributed by atoms with Gasteiger partial charge in [-0.2, -0.15) is 0 Å². The second-order valence-electron chi connectivity index (χ2n) is 4.00. The number of hydrogen-bond acceptors (Lipinski definition) is 6. The van der Waals surface area contributed by atoms with Crippen LogP contribution >= 0.6 is 0 Å². The van der Waals surface area contributed by atoms with Crippen LogP contribution in [0.15, 0.2) is 12.1 Å². The van der Waals surface area contributed by atoms with Gasteiger partial charge < -0.3 is 30.3 Å². The Balaban J connectivity index is 3.12. The molecule has 0 aromatic rings. The molecule has 1 saturated heterocycles. The van der Waals surface area contributed by atoms with Crippen LogP contribution in [0.5, 0.6) is 0 Å². The quantitative estimate of drug-likeness (QED) is 0.366. The maximum Gasteiger partial charge on any atom is 0.217 e. The molecule has 94 valence electrons. The zero-order valence-electron chi connectivity index (χ0n) is 10.2. The number of ether oxygens (including phenoxy) is 1. The van der Waals surface area contributed by atoms with Gasteiger partial charge in [-0.25, -0.2) is 0 Å². The highest BCUT2D eigenvalue weighted by atomic mass is 16.7. The van der Waals surface area contributed by atoms with Crippen molar-refractivity contribution in [3.63, 3.8) is 0 Å². The minimum Gasteiger partial charge on any atom is -0.394 e. The summed E-state index contributed by atoms with van der Waals surface area (Å²) in [5.41, 5.74) is -2.16. The first-order chi connectivity index (χ1) is 7.72. The van der Waals surface area contributed by atoms with E-state index in [9.17, 15) is 20.4 Å². The molecular weight excluding hydrogens is 216 g/mol. The van der Waals surface area contributed by atoms with Gasteiger partial charge >= 0.3 is 0 Å². The average molecular weight is 235 g/mol. The second kappa shape index (κ2) is 4.40. The van der Waals surface area contributed by atoms with Crippen molar-refractivity contribution in [3.05, 3.63) is 12.1 Å². The van der Waals surface area contributed by atoms with Gasteiger partial charge in [-0.05, 0) is 19.9 Å². The third-order valence-corrected chi connectivity index (χ3v) is 2.79. The Morgan fingerprint density at radius 3 is 2.56 bits per heavy atom. The second-order valence-corrected chi connectivity index (χ2v) is 4.00. The average Bonchev–Trinajstić information content (AvgIpc) is 2.49. The van der Waals surface area contributed by atoms with Gasteiger partial charge in [0.1, 0.15) is 23.9 Å². The molecule has 1 aliphatic heterocycles. The van der Waals surface area contributed by atoms with E-state index < -0.39 is 42.4 Å². The van der Waals surface area contributed by atoms with E-state index in [1.54, 1.807) is 0 Å². The van der Waals surface area contributed by atoms with Gasteiger partial charge in [0, 0.05) is 0 Å².